The Kier molecular flexibility index (Phi) is 3.31. The van der Waals surface area contributed by atoms with E-state index in [-0.39, 0.29) is 11.9 Å². The maximum absolute atomic E-state index is 11.7. The molecule has 1 saturated heterocycles. The fourth-order valence-corrected chi connectivity index (χ4v) is 1.84. The molecule has 1 aliphatic carbocycles. The molecule has 0 unspecified atom stereocenters. The largest absolute Gasteiger partial charge is 0.345 e. The van der Waals surface area contributed by atoms with Crippen LogP contribution in [0.1, 0.15) is 19.8 Å². The Morgan fingerprint density at radius 2 is 1.53 bits per heavy atom. The zero-order valence-electron chi connectivity index (χ0n) is 9.94. The predicted molar refractivity (Wildman–Crippen MR) is 60.0 cm³/mol. The second-order valence-electron chi connectivity index (χ2n) is 4.55. The Labute approximate surface area is 99.9 Å². The Morgan fingerprint density at radius 3 is 2.00 bits per heavy atom. The molecule has 2 rings (SSSR count). The smallest absolute Gasteiger partial charge is 0.312 e. The molecule has 94 valence electrons. The summed E-state index contributed by atoms with van der Waals surface area (Å²) < 4.78 is 0. The third kappa shape index (κ3) is 2.95. The van der Waals surface area contributed by atoms with Crippen LogP contribution in [0.25, 0.3) is 0 Å². The summed E-state index contributed by atoms with van der Waals surface area (Å²) in [6, 6.07) is 0.199. The van der Waals surface area contributed by atoms with Crippen molar-refractivity contribution in [2.75, 3.05) is 26.2 Å². The zero-order chi connectivity index (χ0) is 12.4. The van der Waals surface area contributed by atoms with Gasteiger partial charge in [0.15, 0.2) is 0 Å². The average molecular weight is 239 g/mol. The number of carbonyl (C=O) groups excluding carboxylic acids is 3. The lowest BCUT2D eigenvalue weighted by Gasteiger charge is -2.33. The van der Waals surface area contributed by atoms with Crippen LogP contribution >= 0.6 is 0 Å². The van der Waals surface area contributed by atoms with Gasteiger partial charge < -0.3 is 15.1 Å². The summed E-state index contributed by atoms with van der Waals surface area (Å²) in [5.74, 6) is -0.969. The summed E-state index contributed by atoms with van der Waals surface area (Å²) in [6.07, 6.45) is 1.94. The number of hydrogen-bond donors (Lipinski definition) is 1. The standard InChI is InChI=1S/C11H17N3O3/c1-8(15)13-4-6-14(7-5-13)11(17)10(16)12-9-2-3-9/h9H,2-7H2,1H3,(H,12,16). The van der Waals surface area contributed by atoms with Crippen molar-refractivity contribution in [3.05, 3.63) is 0 Å². The first-order valence-electron chi connectivity index (χ1n) is 5.93. The summed E-state index contributed by atoms with van der Waals surface area (Å²) in [5.41, 5.74) is 0. The van der Waals surface area contributed by atoms with Crippen molar-refractivity contribution in [2.24, 2.45) is 0 Å². The summed E-state index contributed by atoms with van der Waals surface area (Å²) in [7, 11) is 0. The van der Waals surface area contributed by atoms with E-state index in [9.17, 15) is 14.4 Å². The van der Waals surface area contributed by atoms with Crippen molar-refractivity contribution in [3.8, 4) is 0 Å². The van der Waals surface area contributed by atoms with Crippen LogP contribution < -0.4 is 5.32 Å². The predicted octanol–water partition coefficient (Wildman–Crippen LogP) is -1.04. The molecule has 0 radical (unpaired) electrons. The van der Waals surface area contributed by atoms with Crippen LogP contribution in [0.4, 0.5) is 0 Å². The van der Waals surface area contributed by atoms with Gasteiger partial charge >= 0.3 is 11.8 Å². The van der Waals surface area contributed by atoms with Gasteiger partial charge in [-0.2, -0.15) is 0 Å². The summed E-state index contributed by atoms with van der Waals surface area (Å²) in [6.45, 7) is 3.42. The minimum atomic E-state index is -0.510. The van der Waals surface area contributed by atoms with Crippen LogP contribution in [0, 0.1) is 0 Å². The van der Waals surface area contributed by atoms with E-state index in [2.05, 4.69) is 5.32 Å². The second kappa shape index (κ2) is 4.73. The molecule has 6 nitrogen and oxygen atoms in total. The van der Waals surface area contributed by atoms with Gasteiger partial charge in [0.05, 0.1) is 0 Å². The maximum atomic E-state index is 11.7. The molecule has 3 amide bonds. The van der Waals surface area contributed by atoms with E-state index in [1.54, 1.807) is 4.90 Å². The molecule has 2 aliphatic rings. The van der Waals surface area contributed by atoms with Crippen LogP contribution in [0.15, 0.2) is 0 Å². The second-order valence-corrected chi connectivity index (χ2v) is 4.55. The Bertz CT molecular complexity index is 344. The van der Waals surface area contributed by atoms with Gasteiger partial charge in [-0.15, -0.1) is 0 Å². The van der Waals surface area contributed by atoms with E-state index in [1.807, 2.05) is 0 Å². The van der Waals surface area contributed by atoms with E-state index in [1.165, 1.54) is 11.8 Å². The Hall–Kier alpha value is -1.59. The topological polar surface area (TPSA) is 69.7 Å². The van der Waals surface area contributed by atoms with E-state index < -0.39 is 11.8 Å². The third-order valence-corrected chi connectivity index (χ3v) is 3.12. The van der Waals surface area contributed by atoms with Crippen molar-refractivity contribution in [1.29, 1.82) is 0 Å². The number of nitrogens with one attached hydrogen (secondary N) is 1. The van der Waals surface area contributed by atoms with Crippen LogP contribution in [0.3, 0.4) is 0 Å². The molecule has 0 aromatic heterocycles. The third-order valence-electron chi connectivity index (χ3n) is 3.12. The number of nitrogens with zero attached hydrogens (tertiary/aromatic N) is 2. The number of piperazine rings is 1. The van der Waals surface area contributed by atoms with Gasteiger partial charge in [-0.05, 0) is 12.8 Å². The van der Waals surface area contributed by atoms with Crippen LogP contribution in [-0.4, -0.2) is 59.7 Å². The molecule has 0 atom stereocenters. The van der Waals surface area contributed by atoms with Crippen LogP contribution in [0.5, 0.6) is 0 Å². The highest BCUT2D eigenvalue weighted by Crippen LogP contribution is 2.18. The van der Waals surface area contributed by atoms with E-state index in [4.69, 9.17) is 0 Å². The molecule has 0 aromatic rings. The number of amides is 3. The number of carbonyl (C=O) groups is 3. The molecule has 1 saturated carbocycles. The molecular weight excluding hydrogens is 222 g/mol. The highest BCUT2D eigenvalue weighted by atomic mass is 16.2. The highest BCUT2D eigenvalue weighted by molar-refractivity contribution is 6.35. The normalized spacial score (nSPS) is 20.1. The first-order chi connectivity index (χ1) is 8.08. The fourth-order valence-electron chi connectivity index (χ4n) is 1.84. The highest BCUT2D eigenvalue weighted by Gasteiger charge is 2.30. The first kappa shape index (κ1) is 11.9. The molecule has 0 aromatic carbocycles. The Morgan fingerprint density at radius 1 is 1.00 bits per heavy atom. The van der Waals surface area contributed by atoms with Gasteiger partial charge in [-0.1, -0.05) is 0 Å². The molecular formula is C11H17N3O3. The van der Waals surface area contributed by atoms with E-state index >= 15 is 0 Å². The number of hydrogen-bond acceptors (Lipinski definition) is 3. The minimum absolute atomic E-state index is 0.0135. The molecule has 0 spiro atoms. The Balaban J connectivity index is 1.80. The SMILES string of the molecule is CC(=O)N1CCN(C(=O)C(=O)NC2CC2)CC1. The summed E-state index contributed by atoms with van der Waals surface area (Å²) in [5, 5.41) is 2.67. The molecule has 17 heavy (non-hydrogen) atoms. The van der Waals surface area contributed by atoms with E-state index in [0.717, 1.165) is 12.8 Å². The van der Waals surface area contributed by atoms with Gasteiger partial charge in [-0.3, -0.25) is 14.4 Å². The van der Waals surface area contributed by atoms with Crippen molar-refractivity contribution < 1.29 is 14.4 Å². The van der Waals surface area contributed by atoms with Gasteiger partial charge in [0.25, 0.3) is 0 Å². The molecule has 1 heterocycles. The summed E-state index contributed by atoms with van der Waals surface area (Å²) >= 11 is 0. The van der Waals surface area contributed by atoms with Gasteiger partial charge in [0.1, 0.15) is 0 Å². The van der Waals surface area contributed by atoms with Gasteiger partial charge in [0.2, 0.25) is 5.91 Å². The van der Waals surface area contributed by atoms with Crippen molar-refractivity contribution in [3.63, 3.8) is 0 Å². The van der Waals surface area contributed by atoms with Gasteiger partial charge in [0, 0.05) is 39.1 Å². The van der Waals surface area contributed by atoms with Gasteiger partial charge in [-0.25, -0.2) is 0 Å². The molecule has 1 N–H and O–H groups in total. The first-order valence-corrected chi connectivity index (χ1v) is 5.93. The van der Waals surface area contributed by atoms with Crippen molar-refractivity contribution >= 4 is 17.7 Å². The fraction of sp³-hybridized carbons (Fsp3) is 0.727. The lowest BCUT2D eigenvalue weighted by atomic mass is 10.3. The number of rotatable bonds is 1. The van der Waals surface area contributed by atoms with Crippen LogP contribution in [0.2, 0.25) is 0 Å². The van der Waals surface area contributed by atoms with Crippen molar-refractivity contribution in [1.82, 2.24) is 15.1 Å². The van der Waals surface area contributed by atoms with Crippen molar-refractivity contribution in [2.45, 2.75) is 25.8 Å². The lowest BCUT2D eigenvalue weighted by molar-refractivity contribution is -0.148. The molecule has 1 aliphatic heterocycles. The zero-order valence-corrected chi connectivity index (χ0v) is 9.94. The van der Waals surface area contributed by atoms with E-state index in [0.29, 0.717) is 26.2 Å². The molecule has 6 heteroatoms. The maximum Gasteiger partial charge on any atom is 0.312 e. The van der Waals surface area contributed by atoms with Crippen LogP contribution in [-0.2, 0) is 14.4 Å². The monoisotopic (exact) mass is 239 g/mol. The molecule has 0 bridgehead atoms. The summed E-state index contributed by atoms with van der Waals surface area (Å²) in [4.78, 5) is 37.6. The quantitative estimate of drug-likeness (QED) is 0.594. The molecule has 2 fully saturated rings. The average Bonchev–Trinajstić information content (AvgIpc) is 3.12. The lowest BCUT2D eigenvalue weighted by Crippen LogP contribution is -2.53. The minimum Gasteiger partial charge on any atom is -0.345 e.